The van der Waals surface area contributed by atoms with Gasteiger partial charge in [0.05, 0.1) is 0 Å². The van der Waals surface area contributed by atoms with E-state index in [1.165, 1.54) is 15.3 Å². The Morgan fingerprint density at radius 1 is 1.13 bits per heavy atom. The maximum atomic E-state index is 5.85. The molecule has 0 radical (unpaired) electrons. The molecule has 0 bridgehead atoms. The first-order valence-corrected chi connectivity index (χ1v) is 5.94. The van der Waals surface area contributed by atoms with Gasteiger partial charge in [-0.3, -0.25) is 0 Å². The van der Waals surface area contributed by atoms with Crippen LogP contribution in [0.2, 0.25) is 0 Å². The molecular weight excluding hydrogens is 202 g/mol. The molecule has 2 N–H and O–H groups in total. The van der Waals surface area contributed by atoms with Crippen LogP contribution in [0.3, 0.4) is 0 Å². The van der Waals surface area contributed by atoms with Crippen LogP contribution in [-0.4, -0.2) is 6.54 Å². The van der Waals surface area contributed by atoms with Crippen molar-refractivity contribution in [1.82, 2.24) is 0 Å². The topological polar surface area (TPSA) is 26.0 Å². The second kappa shape index (κ2) is 4.60. The Morgan fingerprint density at radius 2 is 1.87 bits per heavy atom. The lowest BCUT2D eigenvalue weighted by molar-refractivity contribution is 0.836. The quantitative estimate of drug-likeness (QED) is 0.839. The zero-order valence-electron chi connectivity index (χ0n) is 8.81. The molecule has 1 aromatic carbocycles. The molecule has 15 heavy (non-hydrogen) atoms. The Balaban J connectivity index is 2.33. The minimum Gasteiger partial charge on any atom is -0.329 e. The average molecular weight is 217 g/mol. The van der Waals surface area contributed by atoms with Gasteiger partial charge in [0, 0.05) is 22.2 Å². The van der Waals surface area contributed by atoms with Crippen LogP contribution in [0.15, 0.2) is 42.5 Å². The van der Waals surface area contributed by atoms with Gasteiger partial charge in [-0.05, 0) is 24.6 Å². The standard InChI is InChI=1S/C13H15NS/c1-10-7-8-13(15-10)12(9-14)11-5-3-2-4-6-11/h2-8,12H,9,14H2,1H3. The minimum absolute atomic E-state index is 0.352. The fourth-order valence-corrected chi connectivity index (χ4v) is 2.76. The van der Waals surface area contributed by atoms with Crippen molar-refractivity contribution in [2.75, 3.05) is 6.54 Å². The van der Waals surface area contributed by atoms with Gasteiger partial charge in [0.2, 0.25) is 0 Å². The number of rotatable bonds is 3. The lowest BCUT2D eigenvalue weighted by atomic mass is 9.98. The van der Waals surface area contributed by atoms with Crippen LogP contribution in [0.1, 0.15) is 21.2 Å². The number of thiophene rings is 1. The third-order valence-corrected chi connectivity index (χ3v) is 3.66. The summed E-state index contributed by atoms with van der Waals surface area (Å²) >= 11 is 1.84. The number of hydrogen-bond acceptors (Lipinski definition) is 2. The Kier molecular flexibility index (Phi) is 3.19. The summed E-state index contributed by atoms with van der Waals surface area (Å²) in [6.45, 7) is 2.80. The molecule has 0 saturated carbocycles. The van der Waals surface area contributed by atoms with E-state index >= 15 is 0 Å². The maximum absolute atomic E-state index is 5.85. The van der Waals surface area contributed by atoms with Crippen molar-refractivity contribution in [1.29, 1.82) is 0 Å². The molecule has 2 aromatic rings. The highest BCUT2D eigenvalue weighted by atomic mass is 32.1. The van der Waals surface area contributed by atoms with Crippen LogP contribution in [0, 0.1) is 6.92 Å². The van der Waals surface area contributed by atoms with Gasteiger partial charge in [-0.1, -0.05) is 30.3 Å². The third-order valence-electron chi connectivity index (χ3n) is 2.54. The van der Waals surface area contributed by atoms with E-state index in [-0.39, 0.29) is 0 Å². The normalized spacial score (nSPS) is 12.7. The predicted molar refractivity (Wildman–Crippen MR) is 66.4 cm³/mol. The number of hydrogen-bond donors (Lipinski definition) is 1. The van der Waals surface area contributed by atoms with E-state index in [9.17, 15) is 0 Å². The lowest BCUT2D eigenvalue weighted by Gasteiger charge is -2.12. The van der Waals surface area contributed by atoms with Crippen molar-refractivity contribution < 1.29 is 0 Å². The van der Waals surface area contributed by atoms with Crippen LogP contribution in [0.25, 0.3) is 0 Å². The molecule has 1 heterocycles. The maximum Gasteiger partial charge on any atom is 0.0306 e. The average Bonchev–Trinajstić information content (AvgIpc) is 2.68. The molecule has 1 atom stereocenters. The van der Waals surface area contributed by atoms with E-state index < -0.39 is 0 Å². The summed E-state index contributed by atoms with van der Waals surface area (Å²) in [7, 11) is 0. The van der Waals surface area contributed by atoms with Gasteiger partial charge < -0.3 is 5.73 Å². The molecule has 0 aliphatic rings. The summed E-state index contributed by atoms with van der Waals surface area (Å²) < 4.78 is 0. The summed E-state index contributed by atoms with van der Waals surface area (Å²) in [5, 5.41) is 0. The second-order valence-electron chi connectivity index (χ2n) is 3.65. The van der Waals surface area contributed by atoms with Crippen LogP contribution in [-0.2, 0) is 0 Å². The molecule has 2 heteroatoms. The van der Waals surface area contributed by atoms with E-state index in [0.29, 0.717) is 12.5 Å². The SMILES string of the molecule is Cc1ccc(C(CN)c2ccccc2)s1. The summed E-state index contributed by atoms with van der Waals surface area (Å²) in [5.41, 5.74) is 7.16. The van der Waals surface area contributed by atoms with Crippen molar-refractivity contribution in [3.63, 3.8) is 0 Å². The molecule has 1 aromatic heterocycles. The van der Waals surface area contributed by atoms with E-state index in [1.54, 1.807) is 0 Å². The molecule has 0 aliphatic heterocycles. The first kappa shape index (κ1) is 10.4. The summed E-state index contributed by atoms with van der Waals surface area (Å²) in [6, 6.07) is 14.8. The molecule has 0 saturated heterocycles. The number of aryl methyl sites for hydroxylation is 1. The third kappa shape index (κ3) is 2.28. The van der Waals surface area contributed by atoms with Gasteiger partial charge in [0.25, 0.3) is 0 Å². The van der Waals surface area contributed by atoms with Crippen molar-refractivity contribution in [2.45, 2.75) is 12.8 Å². The van der Waals surface area contributed by atoms with Crippen molar-refractivity contribution in [2.24, 2.45) is 5.73 Å². The molecule has 0 spiro atoms. The van der Waals surface area contributed by atoms with E-state index in [4.69, 9.17) is 5.73 Å². The highest BCUT2D eigenvalue weighted by molar-refractivity contribution is 7.12. The number of nitrogens with two attached hydrogens (primary N) is 1. The highest BCUT2D eigenvalue weighted by Gasteiger charge is 2.13. The van der Waals surface area contributed by atoms with E-state index in [2.05, 4.69) is 43.3 Å². The van der Waals surface area contributed by atoms with Gasteiger partial charge >= 0.3 is 0 Å². The zero-order valence-corrected chi connectivity index (χ0v) is 9.63. The van der Waals surface area contributed by atoms with E-state index in [1.807, 2.05) is 17.4 Å². The second-order valence-corrected chi connectivity index (χ2v) is 4.97. The summed E-state index contributed by atoms with van der Waals surface area (Å²) in [6.07, 6.45) is 0. The fourth-order valence-electron chi connectivity index (χ4n) is 1.74. The zero-order chi connectivity index (χ0) is 10.7. The lowest BCUT2D eigenvalue weighted by Crippen LogP contribution is -2.12. The Morgan fingerprint density at radius 3 is 2.40 bits per heavy atom. The van der Waals surface area contributed by atoms with E-state index in [0.717, 1.165) is 0 Å². The Bertz CT molecular complexity index is 419. The summed E-state index contributed by atoms with van der Waals surface area (Å²) in [5.74, 6) is 0.352. The fraction of sp³-hybridized carbons (Fsp3) is 0.231. The Hall–Kier alpha value is -1.12. The largest absolute Gasteiger partial charge is 0.329 e. The summed E-state index contributed by atoms with van der Waals surface area (Å²) in [4.78, 5) is 2.71. The van der Waals surface area contributed by atoms with Gasteiger partial charge in [-0.15, -0.1) is 11.3 Å². The first-order chi connectivity index (χ1) is 7.31. The van der Waals surface area contributed by atoms with Crippen molar-refractivity contribution >= 4 is 11.3 Å². The van der Waals surface area contributed by atoms with Gasteiger partial charge in [0.1, 0.15) is 0 Å². The van der Waals surface area contributed by atoms with Crippen LogP contribution < -0.4 is 5.73 Å². The molecule has 1 nitrogen and oxygen atoms in total. The molecule has 78 valence electrons. The van der Waals surface area contributed by atoms with Gasteiger partial charge in [-0.2, -0.15) is 0 Å². The van der Waals surface area contributed by atoms with Crippen molar-refractivity contribution in [3.8, 4) is 0 Å². The molecule has 1 unspecified atom stereocenters. The predicted octanol–water partition coefficient (Wildman–Crippen LogP) is 3.15. The smallest absolute Gasteiger partial charge is 0.0306 e. The van der Waals surface area contributed by atoms with Gasteiger partial charge in [-0.25, -0.2) is 0 Å². The molecule has 0 amide bonds. The molecule has 0 fully saturated rings. The van der Waals surface area contributed by atoms with Crippen LogP contribution in [0.4, 0.5) is 0 Å². The van der Waals surface area contributed by atoms with Gasteiger partial charge in [0.15, 0.2) is 0 Å². The first-order valence-electron chi connectivity index (χ1n) is 5.12. The number of benzene rings is 1. The van der Waals surface area contributed by atoms with Crippen LogP contribution >= 0.6 is 11.3 Å². The highest BCUT2D eigenvalue weighted by Crippen LogP contribution is 2.29. The molecule has 0 aliphatic carbocycles. The molecule has 2 rings (SSSR count). The monoisotopic (exact) mass is 217 g/mol. The minimum atomic E-state index is 0.352. The van der Waals surface area contributed by atoms with Crippen molar-refractivity contribution in [3.05, 3.63) is 57.8 Å². The van der Waals surface area contributed by atoms with Crippen LogP contribution in [0.5, 0.6) is 0 Å². The Labute approximate surface area is 94.6 Å². The molecular formula is C13H15NS.